The van der Waals surface area contributed by atoms with Crippen LogP contribution in [0.4, 0.5) is 4.79 Å². The van der Waals surface area contributed by atoms with Gasteiger partial charge >= 0.3 is 12.0 Å². The molecular weight excluding hydrogens is 252 g/mol. The van der Waals surface area contributed by atoms with Crippen LogP contribution in [0.5, 0.6) is 0 Å². The fourth-order valence-electron chi connectivity index (χ4n) is 1.27. The lowest BCUT2D eigenvalue weighted by molar-refractivity contribution is -0.141. The highest BCUT2D eigenvalue weighted by molar-refractivity contribution is 7.99. The fraction of sp³-hybridized carbons (Fsp3) is 0.667. The maximum absolute atomic E-state index is 11.8. The molecule has 6 heteroatoms. The van der Waals surface area contributed by atoms with Crippen molar-refractivity contribution in [2.45, 2.75) is 13.8 Å². The zero-order chi connectivity index (χ0) is 14.0. The Morgan fingerprint density at radius 3 is 2.72 bits per heavy atom. The molecule has 0 saturated carbocycles. The zero-order valence-electron chi connectivity index (χ0n) is 11.0. The lowest BCUT2D eigenvalue weighted by Crippen LogP contribution is -2.43. The van der Waals surface area contributed by atoms with E-state index < -0.39 is 11.9 Å². The van der Waals surface area contributed by atoms with E-state index in [1.54, 1.807) is 18.7 Å². The van der Waals surface area contributed by atoms with Gasteiger partial charge in [0.15, 0.2) is 0 Å². The summed E-state index contributed by atoms with van der Waals surface area (Å²) in [7, 11) is 0. The molecule has 2 amide bonds. The van der Waals surface area contributed by atoms with Crippen molar-refractivity contribution >= 4 is 23.8 Å². The summed E-state index contributed by atoms with van der Waals surface area (Å²) in [4.78, 5) is 24.0. The second-order valence-electron chi connectivity index (χ2n) is 3.87. The Labute approximate surface area is 113 Å². The SMILES string of the molecule is C=CCSCCNC(=O)N(CC)CC(C)C(=O)O. The van der Waals surface area contributed by atoms with Gasteiger partial charge in [-0.05, 0) is 6.92 Å². The molecule has 0 saturated heterocycles. The van der Waals surface area contributed by atoms with Gasteiger partial charge in [-0.3, -0.25) is 4.79 Å². The molecule has 0 aromatic heterocycles. The third kappa shape index (κ3) is 7.21. The molecular formula is C12H22N2O3S. The number of nitrogens with one attached hydrogen (secondary N) is 1. The molecule has 0 fully saturated rings. The Morgan fingerprint density at radius 2 is 2.22 bits per heavy atom. The smallest absolute Gasteiger partial charge is 0.317 e. The molecule has 104 valence electrons. The molecule has 18 heavy (non-hydrogen) atoms. The molecule has 0 radical (unpaired) electrons. The number of amides is 2. The van der Waals surface area contributed by atoms with E-state index >= 15 is 0 Å². The van der Waals surface area contributed by atoms with Gasteiger partial charge < -0.3 is 15.3 Å². The lowest BCUT2D eigenvalue weighted by Gasteiger charge is -2.23. The number of thioether (sulfide) groups is 1. The van der Waals surface area contributed by atoms with Crippen LogP contribution in [0.1, 0.15) is 13.8 Å². The van der Waals surface area contributed by atoms with Gasteiger partial charge in [0.2, 0.25) is 0 Å². The maximum atomic E-state index is 11.8. The molecule has 0 aliphatic rings. The fourth-order valence-corrected chi connectivity index (χ4v) is 1.85. The number of hydrogen-bond donors (Lipinski definition) is 2. The number of carboxylic acids is 1. The van der Waals surface area contributed by atoms with Gasteiger partial charge in [-0.2, -0.15) is 11.8 Å². The van der Waals surface area contributed by atoms with Crippen LogP contribution in [0.25, 0.3) is 0 Å². The first-order chi connectivity index (χ1) is 8.52. The molecule has 0 aromatic carbocycles. The minimum atomic E-state index is -0.886. The summed E-state index contributed by atoms with van der Waals surface area (Å²) < 4.78 is 0. The van der Waals surface area contributed by atoms with Gasteiger partial charge in [0.1, 0.15) is 0 Å². The second kappa shape index (κ2) is 9.82. The predicted molar refractivity (Wildman–Crippen MR) is 75.0 cm³/mol. The summed E-state index contributed by atoms with van der Waals surface area (Å²) in [6.07, 6.45) is 1.82. The summed E-state index contributed by atoms with van der Waals surface area (Å²) in [5.41, 5.74) is 0. The van der Waals surface area contributed by atoms with Crippen molar-refractivity contribution in [3.8, 4) is 0 Å². The summed E-state index contributed by atoms with van der Waals surface area (Å²) in [5, 5.41) is 11.6. The van der Waals surface area contributed by atoms with E-state index in [1.165, 1.54) is 4.90 Å². The number of hydrogen-bond acceptors (Lipinski definition) is 3. The number of urea groups is 1. The third-order valence-corrected chi connectivity index (χ3v) is 3.31. The second-order valence-corrected chi connectivity index (χ2v) is 5.02. The normalized spacial score (nSPS) is 11.7. The predicted octanol–water partition coefficient (Wildman–Crippen LogP) is 1.66. The Hall–Kier alpha value is -1.17. The van der Waals surface area contributed by atoms with Gasteiger partial charge in [-0.1, -0.05) is 13.0 Å². The van der Waals surface area contributed by atoms with Crippen LogP contribution < -0.4 is 5.32 Å². The summed E-state index contributed by atoms with van der Waals surface area (Å²) in [6, 6.07) is -0.204. The van der Waals surface area contributed by atoms with Gasteiger partial charge in [0, 0.05) is 31.1 Å². The summed E-state index contributed by atoms with van der Waals surface area (Å²) in [6.45, 7) is 8.36. The average Bonchev–Trinajstić information content (AvgIpc) is 2.34. The van der Waals surface area contributed by atoms with Crippen LogP contribution in [0.2, 0.25) is 0 Å². The Bertz CT molecular complexity index is 284. The first kappa shape index (κ1) is 16.8. The first-order valence-corrected chi connectivity index (χ1v) is 7.12. The van der Waals surface area contributed by atoms with E-state index in [4.69, 9.17) is 5.11 Å². The first-order valence-electron chi connectivity index (χ1n) is 5.97. The molecule has 0 aliphatic heterocycles. The third-order valence-electron chi connectivity index (χ3n) is 2.34. The van der Waals surface area contributed by atoms with Gasteiger partial charge in [-0.15, -0.1) is 6.58 Å². The Kier molecular flexibility index (Phi) is 9.18. The highest BCUT2D eigenvalue weighted by atomic mass is 32.2. The zero-order valence-corrected chi connectivity index (χ0v) is 11.8. The largest absolute Gasteiger partial charge is 0.481 e. The van der Waals surface area contributed by atoms with Crippen molar-refractivity contribution in [3.63, 3.8) is 0 Å². The topological polar surface area (TPSA) is 69.6 Å². The van der Waals surface area contributed by atoms with Crippen molar-refractivity contribution in [3.05, 3.63) is 12.7 Å². The lowest BCUT2D eigenvalue weighted by atomic mass is 10.2. The molecule has 0 aromatic rings. The van der Waals surface area contributed by atoms with E-state index in [9.17, 15) is 9.59 Å². The van der Waals surface area contributed by atoms with Gasteiger partial charge in [-0.25, -0.2) is 4.79 Å². The standard InChI is InChI=1S/C12H22N2O3S/c1-4-7-18-8-6-13-12(17)14(5-2)9-10(3)11(15)16/h4,10H,1,5-9H2,2-3H3,(H,13,17)(H,15,16). The molecule has 1 unspecified atom stereocenters. The van der Waals surface area contributed by atoms with Crippen LogP contribution in [-0.4, -0.2) is 53.1 Å². The van der Waals surface area contributed by atoms with Crippen molar-refractivity contribution in [2.24, 2.45) is 5.92 Å². The minimum absolute atomic E-state index is 0.204. The van der Waals surface area contributed by atoms with Crippen molar-refractivity contribution in [2.75, 3.05) is 31.1 Å². The number of carboxylic acid groups (broad SMARTS) is 1. The summed E-state index contributed by atoms with van der Waals surface area (Å²) in [5.74, 6) is 0.251. The van der Waals surface area contributed by atoms with Crippen molar-refractivity contribution in [1.29, 1.82) is 0 Å². The van der Waals surface area contributed by atoms with Crippen LogP contribution in [0, 0.1) is 5.92 Å². The van der Waals surface area contributed by atoms with Crippen molar-refractivity contribution in [1.82, 2.24) is 10.2 Å². The van der Waals surface area contributed by atoms with Gasteiger partial charge in [0.25, 0.3) is 0 Å². The quantitative estimate of drug-likeness (QED) is 0.495. The Balaban J connectivity index is 3.95. The molecule has 2 N–H and O–H groups in total. The number of nitrogens with zero attached hydrogens (tertiary/aromatic N) is 1. The molecule has 0 bridgehead atoms. The molecule has 0 spiro atoms. The number of aliphatic carboxylic acids is 1. The minimum Gasteiger partial charge on any atom is -0.481 e. The highest BCUT2D eigenvalue weighted by Crippen LogP contribution is 2.01. The van der Waals surface area contributed by atoms with Crippen LogP contribution >= 0.6 is 11.8 Å². The molecule has 0 rings (SSSR count). The van der Waals surface area contributed by atoms with E-state index in [2.05, 4.69) is 11.9 Å². The van der Waals surface area contributed by atoms with Crippen LogP contribution in [0.3, 0.4) is 0 Å². The number of carbonyl (C=O) groups excluding carboxylic acids is 1. The average molecular weight is 274 g/mol. The molecule has 0 aliphatic carbocycles. The van der Waals surface area contributed by atoms with E-state index in [0.717, 1.165) is 11.5 Å². The van der Waals surface area contributed by atoms with Gasteiger partial charge in [0.05, 0.1) is 5.92 Å². The summed E-state index contributed by atoms with van der Waals surface area (Å²) >= 11 is 1.69. The van der Waals surface area contributed by atoms with E-state index in [1.807, 2.05) is 13.0 Å². The maximum Gasteiger partial charge on any atom is 0.317 e. The van der Waals surface area contributed by atoms with E-state index in [-0.39, 0.29) is 12.6 Å². The van der Waals surface area contributed by atoms with Crippen molar-refractivity contribution < 1.29 is 14.7 Å². The molecule has 5 nitrogen and oxygen atoms in total. The van der Waals surface area contributed by atoms with E-state index in [0.29, 0.717) is 13.1 Å². The number of carbonyl (C=O) groups is 2. The monoisotopic (exact) mass is 274 g/mol. The Morgan fingerprint density at radius 1 is 1.56 bits per heavy atom. The number of rotatable bonds is 9. The molecule has 1 atom stereocenters. The highest BCUT2D eigenvalue weighted by Gasteiger charge is 2.18. The van der Waals surface area contributed by atoms with Crippen LogP contribution in [0.15, 0.2) is 12.7 Å². The van der Waals surface area contributed by atoms with Crippen LogP contribution in [-0.2, 0) is 4.79 Å². The molecule has 0 heterocycles.